The monoisotopic (exact) mass is 363 g/mol. The minimum absolute atomic E-state index is 0.0617. The Balaban J connectivity index is 1.61. The van der Waals surface area contributed by atoms with E-state index >= 15 is 0 Å². The summed E-state index contributed by atoms with van der Waals surface area (Å²) in [7, 11) is 0. The molecule has 1 heterocycles. The van der Waals surface area contributed by atoms with Crippen LogP contribution < -0.4 is 0 Å². The molecule has 5 heteroatoms. The fraction of sp³-hybridized carbons (Fsp3) is 1.00. The second-order valence-corrected chi connectivity index (χ2v) is 10.9. The van der Waals surface area contributed by atoms with Crippen LogP contribution in [0.25, 0.3) is 0 Å². The van der Waals surface area contributed by atoms with E-state index in [9.17, 15) is 20.4 Å². The maximum Gasteiger partial charge on any atom is 0.0771 e. The van der Waals surface area contributed by atoms with E-state index in [2.05, 4.69) is 18.7 Å². The van der Waals surface area contributed by atoms with Crippen LogP contribution in [0.1, 0.15) is 46.0 Å². The molecule has 7 bridgehead atoms. The number of hydrogen-bond acceptors (Lipinski definition) is 5. The number of rotatable bonds is 1. The molecule has 0 aromatic heterocycles. The lowest BCUT2D eigenvalue weighted by atomic mass is 9.43. The number of aliphatic hydroxyl groups is 4. The molecule has 1 saturated heterocycles. The summed E-state index contributed by atoms with van der Waals surface area (Å²) in [6, 6.07) is 0.198. The molecule has 0 radical (unpaired) electrons. The quantitative estimate of drug-likeness (QED) is 0.548. The van der Waals surface area contributed by atoms with Gasteiger partial charge in [-0.3, -0.25) is 4.90 Å². The second kappa shape index (κ2) is 4.68. The van der Waals surface area contributed by atoms with Gasteiger partial charge < -0.3 is 20.4 Å². The van der Waals surface area contributed by atoms with Crippen LogP contribution in [-0.4, -0.2) is 68.4 Å². The zero-order valence-corrected chi connectivity index (χ0v) is 15.9. The Labute approximate surface area is 155 Å². The van der Waals surface area contributed by atoms with Gasteiger partial charge in [-0.05, 0) is 49.5 Å². The van der Waals surface area contributed by atoms with Gasteiger partial charge >= 0.3 is 0 Å². The van der Waals surface area contributed by atoms with Gasteiger partial charge in [0.1, 0.15) is 0 Å². The number of piperidine rings is 1. The average Bonchev–Trinajstić information content (AvgIpc) is 3.03. The van der Waals surface area contributed by atoms with Crippen LogP contribution in [-0.2, 0) is 0 Å². The van der Waals surface area contributed by atoms with E-state index in [1.807, 2.05) is 0 Å². The highest BCUT2D eigenvalue weighted by atomic mass is 16.3. The molecule has 0 aromatic rings. The Bertz CT molecular complexity index is 658. The highest BCUT2D eigenvalue weighted by molar-refractivity contribution is 5.32. The van der Waals surface area contributed by atoms with Gasteiger partial charge in [-0.15, -0.1) is 0 Å². The van der Waals surface area contributed by atoms with Gasteiger partial charge in [-0.1, -0.05) is 13.8 Å². The molecule has 5 saturated carbocycles. The Morgan fingerprint density at radius 2 is 1.88 bits per heavy atom. The summed E-state index contributed by atoms with van der Waals surface area (Å²) in [5.41, 5.74) is -0.998. The van der Waals surface area contributed by atoms with E-state index in [0.717, 1.165) is 38.8 Å². The van der Waals surface area contributed by atoms with E-state index in [0.29, 0.717) is 12.3 Å². The first-order valence-corrected chi connectivity index (χ1v) is 10.8. The van der Waals surface area contributed by atoms with Crippen LogP contribution in [0, 0.1) is 40.4 Å². The largest absolute Gasteiger partial charge is 0.393 e. The third-order valence-electron chi connectivity index (χ3n) is 10.4. The summed E-state index contributed by atoms with van der Waals surface area (Å²) in [6.45, 7) is 6.61. The summed E-state index contributed by atoms with van der Waals surface area (Å²) >= 11 is 0. The Morgan fingerprint density at radius 1 is 1.12 bits per heavy atom. The topological polar surface area (TPSA) is 84.2 Å². The van der Waals surface area contributed by atoms with E-state index in [1.54, 1.807) is 0 Å². The molecule has 0 aromatic carbocycles. The molecule has 5 nitrogen and oxygen atoms in total. The second-order valence-electron chi connectivity index (χ2n) is 10.9. The molecule has 1 spiro atoms. The molecule has 0 unspecified atom stereocenters. The van der Waals surface area contributed by atoms with Crippen LogP contribution >= 0.6 is 0 Å². The maximum absolute atomic E-state index is 11.9. The first-order chi connectivity index (χ1) is 12.3. The lowest BCUT2D eigenvalue weighted by Gasteiger charge is -2.68. The average molecular weight is 363 g/mol. The van der Waals surface area contributed by atoms with Crippen molar-refractivity contribution in [1.29, 1.82) is 0 Å². The van der Waals surface area contributed by atoms with Crippen molar-refractivity contribution in [3.8, 4) is 0 Å². The third kappa shape index (κ3) is 1.47. The van der Waals surface area contributed by atoms with Crippen molar-refractivity contribution in [2.24, 2.45) is 40.4 Å². The number of hydrogen-bond donors (Lipinski definition) is 4. The van der Waals surface area contributed by atoms with Gasteiger partial charge in [0.15, 0.2) is 0 Å². The van der Waals surface area contributed by atoms with E-state index < -0.39 is 17.8 Å². The minimum atomic E-state index is -0.984. The van der Waals surface area contributed by atoms with Gasteiger partial charge in [0.2, 0.25) is 0 Å². The van der Waals surface area contributed by atoms with Gasteiger partial charge in [0.05, 0.1) is 23.9 Å². The fourth-order valence-corrected chi connectivity index (χ4v) is 9.83. The highest BCUT2D eigenvalue weighted by Gasteiger charge is 2.82. The Morgan fingerprint density at radius 3 is 2.62 bits per heavy atom. The molecular weight excluding hydrogens is 330 g/mol. The third-order valence-corrected chi connectivity index (χ3v) is 10.4. The predicted octanol–water partition coefficient (Wildman–Crippen LogP) is 0.596. The summed E-state index contributed by atoms with van der Waals surface area (Å²) in [5.74, 6) is 0.319. The molecule has 0 amide bonds. The highest BCUT2D eigenvalue weighted by Crippen LogP contribution is 2.78. The van der Waals surface area contributed by atoms with Gasteiger partial charge in [-0.25, -0.2) is 0 Å². The Hall–Kier alpha value is -0.200. The lowest BCUT2D eigenvalue weighted by molar-refractivity contribution is -0.265. The SMILES string of the molecule is CCN1C[C@]2(C)CC[C@H](O)[C@@]34[C@@H]5C[C@H]6[C@H](O)[C@@H]5[C@](O)(C[C@H]6O)[C@@H](C[C@H]23)[C@@H]14. The van der Waals surface area contributed by atoms with Crippen molar-refractivity contribution >= 4 is 0 Å². The van der Waals surface area contributed by atoms with Gasteiger partial charge in [0, 0.05) is 42.2 Å². The molecule has 26 heavy (non-hydrogen) atoms. The molecule has 1 aliphatic heterocycles. The number of nitrogens with zero attached hydrogens (tertiary/aromatic N) is 1. The maximum atomic E-state index is 11.9. The van der Waals surface area contributed by atoms with E-state index in [4.69, 9.17) is 0 Å². The lowest BCUT2D eigenvalue weighted by Crippen LogP contribution is -2.75. The molecule has 12 atom stereocenters. The molecular formula is C21H33NO4. The van der Waals surface area contributed by atoms with Crippen LogP contribution in [0.3, 0.4) is 0 Å². The summed E-state index contributed by atoms with van der Waals surface area (Å²) < 4.78 is 0. The van der Waals surface area contributed by atoms with Crippen molar-refractivity contribution < 1.29 is 20.4 Å². The van der Waals surface area contributed by atoms with E-state index in [1.165, 1.54) is 0 Å². The Kier molecular flexibility index (Phi) is 3.01. The van der Waals surface area contributed by atoms with Gasteiger partial charge in [-0.2, -0.15) is 0 Å². The smallest absolute Gasteiger partial charge is 0.0771 e. The standard InChI is InChI=1S/C21H33NO4/c1-3-22-9-19(2)5-4-15(24)21-11-6-10-13(23)8-20(26,16(11)17(10)25)12(18(21)22)7-14(19)21/h10-18,23-26H,3-9H2,1-2H3/t10-,11-,12+,13-,14-,15+,16-,17+,18-,19+,20+,21-/m1/s1. The normalized spacial score (nSPS) is 68.3. The minimum Gasteiger partial charge on any atom is -0.393 e. The fourth-order valence-electron chi connectivity index (χ4n) is 9.83. The predicted molar refractivity (Wildman–Crippen MR) is 95.1 cm³/mol. The van der Waals surface area contributed by atoms with Crippen molar-refractivity contribution in [1.82, 2.24) is 4.90 Å². The first kappa shape index (κ1) is 16.7. The number of aliphatic hydroxyl groups excluding tert-OH is 3. The van der Waals surface area contributed by atoms with Crippen molar-refractivity contribution in [3.05, 3.63) is 0 Å². The van der Waals surface area contributed by atoms with Gasteiger partial charge in [0.25, 0.3) is 0 Å². The zero-order chi connectivity index (χ0) is 18.2. The van der Waals surface area contributed by atoms with Crippen LogP contribution in [0.5, 0.6) is 0 Å². The van der Waals surface area contributed by atoms with Crippen LogP contribution in [0.15, 0.2) is 0 Å². The van der Waals surface area contributed by atoms with E-state index in [-0.39, 0.29) is 46.6 Å². The van der Waals surface area contributed by atoms with Crippen LogP contribution in [0.4, 0.5) is 0 Å². The molecule has 146 valence electrons. The molecule has 6 aliphatic rings. The molecule has 5 aliphatic carbocycles. The molecule has 4 N–H and O–H groups in total. The number of likely N-dealkylation sites (tertiary alicyclic amines) is 1. The van der Waals surface area contributed by atoms with Crippen LogP contribution in [0.2, 0.25) is 0 Å². The van der Waals surface area contributed by atoms with Crippen molar-refractivity contribution in [2.45, 2.75) is 75.9 Å². The summed E-state index contributed by atoms with van der Waals surface area (Å²) in [6.07, 6.45) is 2.44. The number of fused-ring (bicyclic) bond motifs is 2. The first-order valence-electron chi connectivity index (χ1n) is 10.8. The summed E-state index contributed by atoms with van der Waals surface area (Å²) in [4.78, 5) is 2.55. The zero-order valence-electron chi connectivity index (χ0n) is 15.9. The van der Waals surface area contributed by atoms with Crippen molar-refractivity contribution in [3.63, 3.8) is 0 Å². The molecule has 6 rings (SSSR count). The van der Waals surface area contributed by atoms with Crippen molar-refractivity contribution in [2.75, 3.05) is 13.1 Å². The summed E-state index contributed by atoms with van der Waals surface area (Å²) in [5, 5.41) is 45.1. The molecule has 6 fully saturated rings.